The maximum atomic E-state index is 11.7. The van der Waals surface area contributed by atoms with E-state index in [-0.39, 0.29) is 18.9 Å². The Kier molecular flexibility index (Phi) is 4.53. The Hall–Kier alpha value is -2.14. The average molecular weight is 274 g/mol. The lowest BCUT2D eigenvalue weighted by molar-refractivity contribution is -0.120. The lowest BCUT2D eigenvalue weighted by Gasteiger charge is -2.05. The minimum atomic E-state index is -0.558. The van der Waals surface area contributed by atoms with E-state index in [1.807, 2.05) is 30.3 Å². The molecule has 0 aliphatic heterocycles. The number of aryl methyl sites for hydroxylation is 1. The van der Waals surface area contributed by atoms with Gasteiger partial charge in [0.1, 0.15) is 5.76 Å². The summed E-state index contributed by atoms with van der Waals surface area (Å²) in [6.45, 7) is 3.65. The fourth-order valence-corrected chi connectivity index (χ4v) is 1.77. The Labute approximate surface area is 117 Å². The lowest BCUT2D eigenvalue weighted by Crippen LogP contribution is -2.31. The molecule has 1 heterocycles. The van der Waals surface area contributed by atoms with Gasteiger partial charge in [0.25, 0.3) is 0 Å². The first-order chi connectivity index (χ1) is 9.56. The number of aliphatic hydroxyl groups is 1. The van der Waals surface area contributed by atoms with Crippen molar-refractivity contribution < 1.29 is 14.3 Å². The maximum Gasteiger partial charge on any atom is 0.226 e. The zero-order chi connectivity index (χ0) is 14.5. The lowest BCUT2D eigenvalue weighted by atomic mass is 10.2. The number of rotatable bonds is 5. The van der Waals surface area contributed by atoms with Gasteiger partial charge in [0.05, 0.1) is 18.2 Å². The maximum absolute atomic E-state index is 11.7. The van der Waals surface area contributed by atoms with Gasteiger partial charge >= 0.3 is 0 Å². The van der Waals surface area contributed by atoms with Gasteiger partial charge in [-0.2, -0.15) is 0 Å². The van der Waals surface area contributed by atoms with Crippen molar-refractivity contribution in [3.63, 3.8) is 0 Å². The molecule has 2 rings (SSSR count). The van der Waals surface area contributed by atoms with E-state index in [1.54, 1.807) is 13.8 Å². The molecule has 5 heteroatoms. The number of carbonyl (C=O) groups excluding carboxylic acids is 1. The van der Waals surface area contributed by atoms with Gasteiger partial charge in [-0.15, -0.1) is 0 Å². The molecule has 106 valence electrons. The highest BCUT2D eigenvalue weighted by molar-refractivity contribution is 5.78. The highest BCUT2D eigenvalue weighted by atomic mass is 16.4. The molecular formula is C15H18N2O3. The van der Waals surface area contributed by atoms with Crippen LogP contribution in [0.2, 0.25) is 0 Å². The minimum Gasteiger partial charge on any atom is -0.441 e. The van der Waals surface area contributed by atoms with E-state index in [0.29, 0.717) is 17.3 Å². The second kappa shape index (κ2) is 6.34. The van der Waals surface area contributed by atoms with Crippen LogP contribution in [-0.2, 0) is 11.2 Å². The third-order valence-electron chi connectivity index (χ3n) is 2.84. The van der Waals surface area contributed by atoms with E-state index in [0.717, 1.165) is 5.56 Å². The summed E-state index contributed by atoms with van der Waals surface area (Å²) in [5.41, 5.74) is 1.50. The Morgan fingerprint density at radius 1 is 1.40 bits per heavy atom. The predicted molar refractivity (Wildman–Crippen MR) is 75.1 cm³/mol. The van der Waals surface area contributed by atoms with E-state index >= 15 is 0 Å². The first-order valence-corrected chi connectivity index (χ1v) is 6.52. The second-order valence-electron chi connectivity index (χ2n) is 4.72. The fourth-order valence-electron chi connectivity index (χ4n) is 1.77. The van der Waals surface area contributed by atoms with Gasteiger partial charge in [0, 0.05) is 12.1 Å². The normalized spacial score (nSPS) is 12.2. The SMILES string of the molecule is Cc1oc(-c2ccccc2)nc1CC(=O)NCC(C)O. The number of amides is 1. The van der Waals surface area contributed by atoms with Crippen LogP contribution in [0.4, 0.5) is 0 Å². The van der Waals surface area contributed by atoms with Crippen molar-refractivity contribution in [3.05, 3.63) is 41.8 Å². The summed E-state index contributed by atoms with van der Waals surface area (Å²) in [5.74, 6) is 0.972. The third kappa shape index (κ3) is 3.68. The van der Waals surface area contributed by atoms with Crippen molar-refractivity contribution in [2.75, 3.05) is 6.54 Å². The molecule has 1 aromatic heterocycles. The van der Waals surface area contributed by atoms with Crippen LogP contribution in [0.25, 0.3) is 11.5 Å². The molecular weight excluding hydrogens is 256 g/mol. The van der Waals surface area contributed by atoms with Gasteiger partial charge in [-0.25, -0.2) is 4.98 Å². The van der Waals surface area contributed by atoms with E-state index in [1.165, 1.54) is 0 Å². The van der Waals surface area contributed by atoms with E-state index < -0.39 is 6.10 Å². The van der Waals surface area contributed by atoms with Crippen molar-refractivity contribution in [2.45, 2.75) is 26.4 Å². The number of carbonyl (C=O) groups is 1. The standard InChI is InChI=1S/C15H18N2O3/c1-10(18)9-16-14(19)8-13-11(2)20-15(17-13)12-6-4-3-5-7-12/h3-7,10,18H,8-9H2,1-2H3,(H,16,19). The number of benzene rings is 1. The molecule has 20 heavy (non-hydrogen) atoms. The smallest absolute Gasteiger partial charge is 0.226 e. The molecule has 0 bridgehead atoms. The molecule has 0 fully saturated rings. The van der Waals surface area contributed by atoms with Gasteiger partial charge in [-0.3, -0.25) is 4.79 Å². The summed E-state index contributed by atoms with van der Waals surface area (Å²) in [6, 6.07) is 9.54. The molecule has 1 atom stereocenters. The molecule has 0 radical (unpaired) electrons. The van der Waals surface area contributed by atoms with Crippen LogP contribution in [0.5, 0.6) is 0 Å². The Morgan fingerprint density at radius 2 is 2.10 bits per heavy atom. The number of nitrogens with zero attached hydrogens (tertiary/aromatic N) is 1. The van der Waals surface area contributed by atoms with Gasteiger partial charge in [0.2, 0.25) is 11.8 Å². The zero-order valence-electron chi connectivity index (χ0n) is 11.6. The van der Waals surface area contributed by atoms with Crippen molar-refractivity contribution in [1.29, 1.82) is 0 Å². The van der Waals surface area contributed by atoms with Gasteiger partial charge in [-0.1, -0.05) is 18.2 Å². The number of aliphatic hydroxyl groups excluding tert-OH is 1. The van der Waals surface area contributed by atoms with Crippen LogP contribution in [0, 0.1) is 6.92 Å². The van der Waals surface area contributed by atoms with Crippen LogP contribution in [0.15, 0.2) is 34.7 Å². The van der Waals surface area contributed by atoms with Gasteiger partial charge in [-0.05, 0) is 26.0 Å². The summed E-state index contributed by atoms with van der Waals surface area (Å²) in [7, 11) is 0. The van der Waals surface area contributed by atoms with E-state index in [2.05, 4.69) is 10.3 Å². The summed E-state index contributed by atoms with van der Waals surface area (Å²) in [5, 5.41) is 11.8. The van der Waals surface area contributed by atoms with Crippen molar-refractivity contribution in [1.82, 2.24) is 10.3 Å². The Bertz CT molecular complexity index is 576. The summed E-state index contributed by atoms with van der Waals surface area (Å²) in [4.78, 5) is 16.1. The molecule has 1 unspecified atom stereocenters. The molecule has 2 N–H and O–H groups in total. The van der Waals surface area contributed by atoms with Gasteiger partial charge in [0.15, 0.2) is 0 Å². The molecule has 5 nitrogen and oxygen atoms in total. The van der Waals surface area contributed by atoms with Crippen molar-refractivity contribution in [3.8, 4) is 11.5 Å². The molecule has 0 spiro atoms. The monoisotopic (exact) mass is 274 g/mol. The van der Waals surface area contributed by atoms with Crippen LogP contribution < -0.4 is 5.32 Å². The number of aromatic nitrogens is 1. The summed E-state index contributed by atoms with van der Waals surface area (Å²) < 4.78 is 5.59. The van der Waals surface area contributed by atoms with E-state index in [9.17, 15) is 4.79 Å². The number of hydrogen-bond donors (Lipinski definition) is 2. The molecule has 1 amide bonds. The van der Waals surface area contributed by atoms with Crippen LogP contribution in [-0.4, -0.2) is 28.6 Å². The fraction of sp³-hybridized carbons (Fsp3) is 0.333. The van der Waals surface area contributed by atoms with E-state index in [4.69, 9.17) is 9.52 Å². The van der Waals surface area contributed by atoms with Crippen LogP contribution >= 0.6 is 0 Å². The Balaban J connectivity index is 2.07. The first kappa shape index (κ1) is 14.3. The summed E-state index contributed by atoms with van der Waals surface area (Å²) >= 11 is 0. The molecule has 0 saturated carbocycles. The molecule has 0 aliphatic rings. The van der Waals surface area contributed by atoms with Crippen molar-refractivity contribution in [2.24, 2.45) is 0 Å². The molecule has 2 aromatic rings. The number of hydrogen-bond acceptors (Lipinski definition) is 4. The van der Waals surface area contributed by atoms with Crippen molar-refractivity contribution >= 4 is 5.91 Å². The minimum absolute atomic E-state index is 0.148. The second-order valence-corrected chi connectivity index (χ2v) is 4.72. The van der Waals surface area contributed by atoms with Crippen LogP contribution in [0.3, 0.4) is 0 Å². The topological polar surface area (TPSA) is 75.4 Å². The molecule has 0 saturated heterocycles. The molecule has 1 aromatic carbocycles. The number of oxazole rings is 1. The molecule has 0 aliphatic carbocycles. The first-order valence-electron chi connectivity index (χ1n) is 6.52. The largest absolute Gasteiger partial charge is 0.441 e. The quantitative estimate of drug-likeness (QED) is 0.870. The third-order valence-corrected chi connectivity index (χ3v) is 2.84. The zero-order valence-corrected chi connectivity index (χ0v) is 11.6. The van der Waals surface area contributed by atoms with Gasteiger partial charge < -0.3 is 14.8 Å². The highest BCUT2D eigenvalue weighted by Crippen LogP contribution is 2.21. The number of nitrogens with one attached hydrogen (secondary N) is 1. The Morgan fingerprint density at radius 3 is 2.75 bits per heavy atom. The van der Waals surface area contributed by atoms with Crippen LogP contribution in [0.1, 0.15) is 18.4 Å². The summed E-state index contributed by atoms with van der Waals surface area (Å²) in [6.07, 6.45) is -0.410. The predicted octanol–water partition coefficient (Wildman–Crippen LogP) is 1.69. The average Bonchev–Trinajstić information content (AvgIpc) is 2.79. The highest BCUT2D eigenvalue weighted by Gasteiger charge is 2.14.